The van der Waals surface area contributed by atoms with Crippen LogP contribution in [0.3, 0.4) is 0 Å². The smallest absolute Gasteiger partial charge is 0.260 e. The maximum atomic E-state index is 13.4. The van der Waals surface area contributed by atoms with Crippen molar-refractivity contribution in [1.82, 2.24) is 9.80 Å². The number of benzene rings is 3. The minimum absolute atomic E-state index is 0.0230. The zero-order valence-corrected chi connectivity index (χ0v) is 21.3. The van der Waals surface area contributed by atoms with E-state index in [1.807, 2.05) is 25.1 Å². The lowest BCUT2D eigenvalue weighted by atomic mass is 10.1. The molecule has 0 bridgehead atoms. The van der Waals surface area contributed by atoms with Gasteiger partial charge in [-0.25, -0.2) is 4.39 Å². The highest BCUT2D eigenvalue weighted by Gasteiger charge is 2.32. The molecule has 1 fully saturated rings. The van der Waals surface area contributed by atoms with Gasteiger partial charge >= 0.3 is 0 Å². The molecule has 196 valence electrons. The molecule has 1 saturated heterocycles. The largest absolute Gasteiger partial charge is 0.508 e. The molecule has 2 atom stereocenters. The van der Waals surface area contributed by atoms with E-state index in [0.717, 1.165) is 5.56 Å². The van der Waals surface area contributed by atoms with Crippen molar-refractivity contribution in [2.45, 2.75) is 32.5 Å². The Balaban J connectivity index is 1.34. The predicted octanol–water partition coefficient (Wildman–Crippen LogP) is 4.80. The highest BCUT2D eigenvalue weighted by molar-refractivity contribution is 5.84. The van der Waals surface area contributed by atoms with Crippen LogP contribution in [0.4, 0.5) is 4.39 Å². The molecule has 1 aromatic heterocycles. The lowest BCUT2D eigenvalue weighted by Crippen LogP contribution is -2.58. The van der Waals surface area contributed by atoms with Gasteiger partial charge in [-0.1, -0.05) is 42.5 Å². The summed E-state index contributed by atoms with van der Waals surface area (Å²) in [6.45, 7) is 5.54. The second kappa shape index (κ2) is 10.7. The molecule has 1 aliphatic heterocycles. The Morgan fingerprint density at radius 3 is 2.50 bits per heavy atom. The average Bonchev–Trinajstić information content (AvgIpc) is 2.91. The van der Waals surface area contributed by atoms with Gasteiger partial charge in [-0.05, 0) is 43.7 Å². The quantitative estimate of drug-likeness (QED) is 0.396. The Kier molecular flexibility index (Phi) is 7.15. The third-order valence-electron chi connectivity index (χ3n) is 6.94. The molecular formula is C30H29FN2O5. The molecule has 2 heterocycles. The van der Waals surface area contributed by atoms with Gasteiger partial charge in [0.05, 0.1) is 5.39 Å². The van der Waals surface area contributed by atoms with Crippen LogP contribution in [0.15, 0.2) is 82.0 Å². The molecule has 4 aromatic rings. The molecule has 0 saturated carbocycles. The van der Waals surface area contributed by atoms with Crippen LogP contribution in [0.2, 0.25) is 0 Å². The van der Waals surface area contributed by atoms with E-state index in [1.54, 1.807) is 29.2 Å². The van der Waals surface area contributed by atoms with Crippen LogP contribution in [0.25, 0.3) is 22.3 Å². The van der Waals surface area contributed by atoms with Crippen molar-refractivity contribution < 1.29 is 23.4 Å². The van der Waals surface area contributed by atoms with Crippen molar-refractivity contribution in [3.8, 4) is 22.8 Å². The number of aromatic hydroxyl groups is 1. The number of rotatable bonds is 6. The van der Waals surface area contributed by atoms with Gasteiger partial charge in [0, 0.05) is 43.3 Å². The van der Waals surface area contributed by atoms with Crippen molar-refractivity contribution in [2.24, 2.45) is 0 Å². The first kappa shape index (κ1) is 25.5. The van der Waals surface area contributed by atoms with Gasteiger partial charge in [0.15, 0.2) is 12.4 Å². The Labute approximate surface area is 219 Å². The minimum Gasteiger partial charge on any atom is -0.508 e. The number of piperazine rings is 1. The molecule has 1 amide bonds. The van der Waals surface area contributed by atoms with E-state index in [2.05, 4.69) is 11.8 Å². The van der Waals surface area contributed by atoms with Gasteiger partial charge < -0.3 is 19.2 Å². The van der Waals surface area contributed by atoms with Gasteiger partial charge in [0.25, 0.3) is 5.91 Å². The van der Waals surface area contributed by atoms with Crippen LogP contribution in [0.1, 0.15) is 19.4 Å². The summed E-state index contributed by atoms with van der Waals surface area (Å²) in [4.78, 5) is 30.7. The lowest BCUT2D eigenvalue weighted by Gasteiger charge is -2.44. The molecule has 3 aromatic carbocycles. The van der Waals surface area contributed by atoms with Gasteiger partial charge in [0.1, 0.15) is 17.1 Å². The molecular weight excluding hydrogens is 487 g/mol. The average molecular weight is 517 g/mol. The predicted molar refractivity (Wildman–Crippen MR) is 143 cm³/mol. The van der Waals surface area contributed by atoms with E-state index >= 15 is 0 Å². The number of ether oxygens (including phenoxy) is 1. The van der Waals surface area contributed by atoms with Gasteiger partial charge in [-0.15, -0.1) is 0 Å². The second-order valence-corrected chi connectivity index (χ2v) is 9.72. The normalized spacial score (nSPS) is 18.0. The maximum absolute atomic E-state index is 13.4. The highest BCUT2D eigenvalue weighted by Crippen LogP contribution is 2.32. The van der Waals surface area contributed by atoms with Crippen molar-refractivity contribution in [3.63, 3.8) is 0 Å². The zero-order chi connectivity index (χ0) is 26.8. The number of fused-ring (bicyclic) bond motifs is 1. The molecule has 1 N–H and O–H groups in total. The summed E-state index contributed by atoms with van der Waals surface area (Å²) in [6.07, 6.45) is 0. The molecule has 8 heteroatoms. The van der Waals surface area contributed by atoms with Crippen molar-refractivity contribution in [3.05, 3.63) is 94.4 Å². The summed E-state index contributed by atoms with van der Waals surface area (Å²) < 4.78 is 25.2. The summed E-state index contributed by atoms with van der Waals surface area (Å²) >= 11 is 0. The number of hydrogen-bond donors (Lipinski definition) is 1. The fourth-order valence-corrected chi connectivity index (χ4v) is 4.88. The molecule has 0 unspecified atom stereocenters. The number of carbonyl (C=O) groups is 1. The first-order chi connectivity index (χ1) is 18.3. The Morgan fingerprint density at radius 1 is 1.03 bits per heavy atom. The Bertz CT molecular complexity index is 1500. The monoisotopic (exact) mass is 516 g/mol. The highest BCUT2D eigenvalue weighted by atomic mass is 19.1. The molecule has 0 spiro atoms. The van der Waals surface area contributed by atoms with Crippen LogP contribution in [-0.2, 0) is 11.3 Å². The minimum atomic E-state index is -0.413. The van der Waals surface area contributed by atoms with Crippen LogP contribution in [0.5, 0.6) is 11.5 Å². The van der Waals surface area contributed by atoms with Gasteiger partial charge in [-0.2, -0.15) is 0 Å². The van der Waals surface area contributed by atoms with Crippen molar-refractivity contribution in [1.29, 1.82) is 0 Å². The van der Waals surface area contributed by atoms with E-state index < -0.39 is 5.43 Å². The number of nitrogens with zero attached hydrogens (tertiary/aromatic N) is 2. The molecule has 5 rings (SSSR count). The Morgan fingerprint density at radius 2 is 1.76 bits per heavy atom. The van der Waals surface area contributed by atoms with E-state index in [1.165, 1.54) is 30.3 Å². The number of phenolic OH excluding ortho intramolecular Hbond substituents is 1. The van der Waals surface area contributed by atoms with Crippen molar-refractivity contribution in [2.75, 3.05) is 19.7 Å². The van der Waals surface area contributed by atoms with Crippen LogP contribution in [0, 0.1) is 5.82 Å². The summed E-state index contributed by atoms with van der Waals surface area (Å²) in [7, 11) is 0. The SMILES string of the molecule is C[C@@H]1CN(Cc2ccc(F)cc2)[C@@H](C)CN1C(=O)COc1c(-c2ccccc2)oc2cc(O)ccc2c1=O. The summed E-state index contributed by atoms with van der Waals surface area (Å²) in [6, 6.07) is 19.8. The number of halogens is 1. The fraction of sp³-hybridized carbons (Fsp3) is 0.267. The Hall–Kier alpha value is -4.17. The molecule has 0 radical (unpaired) electrons. The van der Waals surface area contributed by atoms with E-state index in [0.29, 0.717) is 25.2 Å². The zero-order valence-electron chi connectivity index (χ0n) is 21.3. The topological polar surface area (TPSA) is 83.2 Å². The number of phenols is 1. The van der Waals surface area contributed by atoms with Crippen LogP contribution in [-0.4, -0.2) is 52.6 Å². The van der Waals surface area contributed by atoms with Crippen LogP contribution >= 0.6 is 0 Å². The van der Waals surface area contributed by atoms with E-state index in [4.69, 9.17) is 9.15 Å². The number of hydrogen-bond acceptors (Lipinski definition) is 6. The van der Waals surface area contributed by atoms with Gasteiger partial charge in [-0.3, -0.25) is 14.5 Å². The van der Waals surface area contributed by atoms with E-state index in [-0.39, 0.29) is 58.6 Å². The number of carbonyl (C=O) groups excluding carboxylic acids is 1. The summed E-state index contributed by atoms with van der Waals surface area (Å²) in [5, 5.41) is 10.1. The third kappa shape index (κ3) is 5.26. The van der Waals surface area contributed by atoms with E-state index in [9.17, 15) is 19.1 Å². The number of amides is 1. The molecule has 7 nitrogen and oxygen atoms in total. The van der Waals surface area contributed by atoms with Crippen LogP contribution < -0.4 is 10.2 Å². The lowest BCUT2D eigenvalue weighted by molar-refractivity contribution is -0.139. The summed E-state index contributed by atoms with van der Waals surface area (Å²) in [5.74, 6) is -0.356. The first-order valence-electron chi connectivity index (χ1n) is 12.6. The van der Waals surface area contributed by atoms with Gasteiger partial charge in [0.2, 0.25) is 11.2 Å². The van der Waals surface area contributed by atoms with Crippen molar-refractivity contribution >= 4 is 16.9 Å². The standard InChI is InChI=1S/C30H29FN2O5/c1-19-16-33(20(2)15-32(19)17-21-8-10-23(31)11-9-21)27(35)18-37-30-28(36)25-13-12-24(34)14-26(25)38-29(30)22-6-4-3-5-7-22/h3-14,19-20,34H,15-18H2,1-2H3/t19-,20+/m0/s1. The first-order valence-corrected chi connectivity index (χ1v) is 12.6. The summed E-state index contributed by atoms with van der Waals surface area (Å²) in [5.41, 5.74) is 1.45. The molecule has 1 aliphatic rings. The fourth-order valence-electron chi connectivity index (χ4n) is 4.88. The molecule has 38 heavy (non-hydrogen) atoms. The third-order valence-corrected chi connectivity index (χ3v) is 6.94. The second-order valence-electron chi connectivity index (χ2n) is 9.72. The molecule has 0 aliphatic carbocycles. The maximum Gasteiger partial charge on any atom is 0.260 e.